The molecule has 0 N–H and O–H groups in total. The summed E-state index contributed by atoms with van der Waals surface area (Å²) in [6, 6.07) is 0. The van der Waals surface area contributed by atoms with Crippen molar-refractivity contribution in [2.75, 3.05) is 0 Å². The van der Waals surface area contributed by atoms with Crippen LogP contribution in [0.2, 0.25) is 18.1 Å². The van der Waals surface area contributed by atoms with Gasteiger partial charge in [0.2, 0.25) is 0 Å². The molecule has 0 heterocycles. The third-order valence-corrected chi connectivity index (χ3v) is 8.79. The van der Waals surface area contributed by atoms with Crippen molar-refractivity contribution in [1.29, 1.82) is 0 Å². The smallest absolute Gasteiger partial charge is 0.192 e. The van der Waals surface area contributed by atoms with Gasteiger partial charge in [0.1, 0.15) is 0 Å². The van der Waals surface area contributed by atoms with Crippen LogP contribution in [0.3, 0.4) is 0 Å². The van der Waals surface area contributed by atoms with Crippen LogP contribution in [0, 0.1) is 0 Å². The van der Waals surface area contributed by atoms with E-state index in [-0.39, 0.29) is 11.1 Å². The van der Waals surface area contributed by atoms with E-state index in [9.17, 15) is 0 Å². The van der Waals surface area contributed by atoms with Crippen LogP contribution in [0.1, 0.15) is 34.1 Å². The van der Waals surface area contributed by atoms with Crippen molar-refractivity contribution in [3.63, 3.8) is 0 Å². The van der Waals surface area contributed by atoms with E-state index in [0.717, 1.165) is 6.42 Å². The molecule has 0 unspecified atom stereocenters. The van der Waals surface area contributed by atoms with Gasteiger partial charge < -0.3 is 4.43 Å². The fourth-order valence-corrected chi connectivity index (χ4v) is 2.63. The first-order valence-electron chi connectivity index (χ1n) is 5.70. The van der Waals surface area contributed by atoms with Crippen LogP contribution < -0.4 is 0 Å². The maximum absolute atomic E-state index is 6.30. The quantitative estimate of drug-likeness (QED) is 0.371. The highest BCUT2D eigenvalue weighted by Gasteiger charge is 2.38. The Morgan fingerprint density at radius 3 is 2.25 bits per heavy atom. The molecule has 0 aromatic rings. The van der Waals surface area contributed by atoms with Gasteiger partial charge in [-0.15, -0.1) is 6.58 Å². The number of rotatable bonds is 5. The zero-order valence-electron chi connectivity index (χ0n) is 11.4. The molecule has 16 heavy (non-hydrogen) atoms. The third-order valence-electron chi connectivity index (χ3n) is 3.22. The van der Waals surface area contributed by atoms with Crippen molar-refractivity contribution >= 4 is 30.9 Å². The Morgan fingerprint density at radius 1 is 1.44 bits per heavy atom. The topological polar surface area (TPSA) is 9.23 Å². The molecule has 0 bridgehead atoms. The van der Waals surface area contributed by atoms with Crippen LogP contribution >= 0.6 is 22.6 Å². The molecule has 1 nitrogen and oxygen atoms in total. The number of hydrogen-bond donors (Lipinski definition) is 0. The summed E-state index contributed by atoms with van der Waals surface area (Å²) in [7, 11) is -1.67. The monoisotopic (exact) mass is 352 g/mol. The first kappa shape index (κ1) is 16.4. The molecule has 0 aliphatic rings. The van der Waals surface area contributed by atoms with Crippen LogP contribution in [0.15, 0.2) is 22.3 Å². The van der Waals surface area contributed by atoms with E-state index in [2.05, 4.69) is 74.0 Å². The summed E-state index contributed by atoms with van der Waals surface area (Å²) in [5, 5.41) is 0.260. The lowest BCUT2D eigenvalue weighted by Crippen LogP contribution is -2.43. The van der Waals surface area contributed by atoms with Crippen LogP contribution in [-0.2, 0) is 4.43 Å². The predicted molar refractivity (Wildman–Crippen MR) is 84.7 cm³/mol. The largest absolute Gasteiger partial charge is 0.410 e. The van der Waals surface area contributed by atoms with Gasteiger partial charge in [0.05, 0.1) is 6.10 Å². The minimum Gasteiger partial charge on any atom is -0.410 e. The van der Waals surface area contributed by atoms with Gasteiger partial charge in [-0.3, -0.25) is 0 Å². The van der Waals surface area contributed by atoms with Crippen molar-refractivity contribution in [2.24, 2.45) is 0 Å². The number of halogens is 1. The maximum atomic E-state index is 6.30. The van der Waals surface area contributed by atoms with Gasteiger partial charge in [-0.25, -0.2) is 0 Å². The van der Waals surface area contributed by atoms with Crippen molar-refractivity contribution < 1.29 is 4.43 Å². The zero-order valence-corrected chi connectivity index (χ0v) is 14.6. The summed E-state index contributed by atoms with van der Waals surface area (Å²) in [6.07, 6.45) is 3.05. The van der Waals surface area contributed by atoms with E-state index in [1.54, 1.807) is 0 Å². The van der Waals surface area contributed by atoms with E-state index in [4.69, 9.17) is 4.43 Å². The van der Waals surface area contributed by atoms with Gasteiger partial charge in [0, 0.05) is 0 Å². The van der Waals surface area contributed by atoms with Gasteiger partial charge in [-0.1, -0.05) is 55.0 Å². The summed E-state index contributed by atoms with van der Waals surface area (Å²) in [5.41, 5.74) is 1.35. The Hall–Kier alpha value is 0.387. The van der Waals surface area contributed by atoms with Gasteiger partial charge in [0.25, 0.3) is 0 Å². The van der Waals surface area contributed by atoms with Crippen LogP contribution in [0.25, 0.3) is 0 Å². The van der Waals surface area contributed by atoms with E-state index in [0.29, 0.717) is 0 Å². The van der Waals surface area contributed by atoms with Crippen molar-refractivity contribution in [1.82, 2.24) is 0 Å². The minimum atomic E-state index is -1.67. The summed E-state index contributed by atoms with van der Waals surface area (Å²) in [4.78, 5) is 0. The van der Waals surface area contributed by atoms with Crippen molar-refractivity contribution in [3.8, 4) is 0 Å². The van der Waals surface area contributed by atoms with Gasteiger partial charge in [-0.05, 0) is 35.6 Å². The van der Waals surface area contributed by atoms with Crippen LogP contribution in [-0.4, -0.2) is 14.4 Å². The van der Waals surface area contributed by atoms with Gasteiger partial charge >= 0.3 is 0 Å². The normalized spacial score (nSPS) is 16.1. The molecule has 0 aliphatic heterocycles. The third kappa shape index (κ3) is 5.14. The average molecular weight is 352 g/mol. The molecule has 0 fully saturated rings. The standard InChI is InChI=1S/C13H25IOSi/c1-8-12(9-11(2)10-14)15-16(6,7)13(3,4)5/h8,10,12H,1,9H2,2-7H3/b11-10+/t12-/m0/s1. The first-order valence-corrected chi connectivity index (χ1v) is 9.85. The molecule has 0 aromatic heterocycles. The fraction of sp³-hybridized carbons (Fsp3) is 0.692. The second-order valence-electron chi connectivity index (χ2n) is 5.81. The average Bonchev–Trinajstić information content (AvgIpc) is 2.14. The highest BCUT2D eigenvalue weighted by Crippen LogP contribution is 2.38. The molecule has 1 atom stereocenters. The van der Waals surface area contributed by atoms with E-state index in [1.165, 1.54) is 5.57 Å². The van der Waals surface area contributed by atoms with E-state index in [1.807, 2.05) is 6.08 Å². The molecule has 0 aliphatic carbocycles. The Balaban J connectivity index is 4.61. The lowest BCUT2D eigenvalue weighted by molar-refractivity contribution is 0.225. The molecule has 0 radical (unpaired) electrons. The number of hydrogen-bond acceptors (Lipinski definition) is 1. The molecular formula is C13H25IOSi. The fourth-order valence-electron chi connectivity index (χ4n) is 1.09. The second-order valence-corrected chi connectivity index (χ2v) is 11.2. The molecule has 0 saturated heterocycles. The summed E-state index contributed by atoms with van der Waals surface area (Å²) in [6.45, 7) is 17.4. The predicted octanol–water partition coefficient (Wildman–Crippen LogP) is 5.29. The first-order chi connectivity index (χ1) is 7.14. The molecule has 0 spiro atoms. The second kappa shape index (κ2) is 6.35. The molecule has 3 heteroatoms. The molecule has 0 amide bonds. The lowest BCUT2D eigenvalue weighted by atomic mass is 10.1. The minimum absolute atomic E-state index is 0.159. The Bertz CT molecular complexity index is 264. The Labute approximate surface area is 116 Å². The van der Waals surface area contributed by atoms with Gasteiger partial charge in [0.15, 0.2) is 8.32 Å². The highest BCUT2D eigenvalue weighted by atomic mass is 127. The van der Waals surface area contributed by atoms with Crippen molar-refractivity contribution in [3.05, 3.63) is 22.3 Å². The van der Waals surface area contributed by atoms with Crippen LogP contribution in [0.4, 0.5) is 0 Å². The highest BCUT2D eigenvalue weighted by molar-refractivity contribution is 14.1. The summed E-state index contributed by atoms with van der Waals surface area (Å²) in [5.74, 6) is 0. The molecule has 0 aromatic carbocycles. The molecular weight excluding hydrogens is 327 g/mol. The van der Waals surface area contributed by atoms with Gasteiger partial charge in [-0.2, -0.15) is 0 Å². The van der Waals surface area contributed by atoms with E-state index >= 15 is 0 Å². The van der Waals surface area contributed by atoms with Crippen molar-refractivity contribution in [2.45, 2.75) is 58.4 Å². The zero-order chi connectivity index (χ0) is 13.0. The maximum Gasteiger partial charge on any atom is 0.192 e. The van der Waals surface area contributed by atoms with E-state index < -0.39 is 8.32 Å². The molecule has 94 valence electrons. The molecule has 0 saturated carbocycles. The van der Waals surface area contributed by atoms with Crippen LogP contribution in [0.5, 0.6) is 0 Å². The lowest BCUT2D eigenvalue weighted by Gasteiger charge is -2.38. The summed E-state index contributed by atoms with van der Waals surface area (Å²) < 4.78 is 8.42. The Morgan fingerprint density at radius 2 is 1.94 bits per heavy atom. The molecule has 0 rings (SSSR count). The SMILES string of the molecule is C=C[C@@H](C/C(C)=C/I)O[Si](C)(C)C(C)(C)C. The Kier molecular flexibility index (Phi) is 6.51. The summed E-state index contributed by atoms with van der Waals surface area (Å²) >= 11 is 2.28.